The third-order valence-electron chi connectivity index (χ3n) is 2.64. The maximum atomic E-state index is 12.8. The van der Waals surface area contributed by atoms with Crippen LogP contribution in [0.2, 0.25) is 0 Å². The number of hydrogen-bond acceptors (Lipinski definition) is 3. The predicted octanol–water partition coefficient (Wildman–Crippen LogP) is 5.10. The Morgan fingerprint density at radius 2 is 2.10 bits per heavy atom. The zero-order chi connectivity index (χ0) is 14.8. The highest BCUT2D eigenvalue weighted by Crippen LogP contribution is 2.36. The Morgan fingerprint density at radius 3 is 2.70 bits per heavy atom. The highest BCUT2D eigenvalue weighted by Gasteiger charge is 2.33. The van der Waals surface area contributed by atoms with Gasteiger partial charge in [0.25, 0.3) is 0 Å². The van der Waals surface area contributed by atoms with E-state index in [0.29, 0.717) is 12.2 Å². The van der Waals surface area contributed by atoms with Crippen molar-refractivity contribution in [3.63, 3.8) is 0 Å². The van der Waals surface area contributed by atoms with Crippen LogP contribution in [0.25, 0.3) is 0 Å². The van der Waals surface area contributed by atoms with E-state index in [2.05, 4.69) is 26.2 Å². The normalized spacial score (nSPS) is 11.7. The van der Waals surface area contributed by atoms with Crippen LogP contribution in [0.3, 0.4) is 0 Å². The molecular weight excluding hydrogens is 353 g/mol. The number of nitrogens with one attached hydrogen (secondary N) is 1. The average Bonchev–Trinajstić information content (AvgIpc) is 2.84. The monoisotopic (exact) mass is 364 g/mol. The summed E-state index contributed by atoms with van der Waals surface area (Å²) in [5.41, 5.74) is -0.243. The van der Waals surface area contributed by atoms with Crippen LogP contribution in [-0.2, 0) is 19.1 Å². The van der Waals surface area contributed by atoms with Crippen molar-refractivity contribution in [1.82, 2.24) is 4.98 Å². The van der Waals surface area contributed by atoms with Crippen molar-refractivity contribution in [1.29, 1.82) is 0 Å². The molecule has 2 aromatic rings. The van der Waals surface area contributed by atoms with E-state index in [-0.39, 0.29) is 4.47 Å². The Morgan fingerprint density at radius 1 is 1.35 bits per heavy atom. The summed E-state index contributed by atoms with van der Waals surface area (Å²) in [6.07, 6.45) is -1.75. The molecule has 0 unspecified atom stereocenters. The second kappa shape index (κ2) is 6.13. The molecule has 0 aliphatic heterocycles. The molecule has 0 aliphatic carbocycles. The molecule has 1 heterocycles. The molecule has 108 valence electrons. The van der Waals surface area contributed by atoms with E-state index in [1.807, 2.05) is 6.92 Å². The summed E-state index contributed by atoms with van der Waals surface area (Å²) in [6.45, 7) is 2.48. The van der Waals surface area contributed by atoms with Crippen molar-refractivity contribution >= 4 is 33.0 Å². The zero-order valence-corrected chi connectivity index (χ0v) is 13.0. The standard InChI is InChI=1S/C13H12BrF3N2S/c1-2-12-19-7-9(20-12)6-18-8-3-4-11(14)10(5-8)13(15,16)17/h3-5,7,18H,2,6H2,1H3. The van der Waals surface area contributed by atoms with Crippen LogP contribution in [0, 0.1) is 0 Å². The lowest BCUT2D eigenvalue weighted by molar-refractivity contribution is -0.138. The lowest BCUT2D eigenvalue weighted by atomic mass is 10.2. The third-order valence-corrected chi connectivity index (χ3v) is 4.48. The fraction of sp³-hybridized carbons (Fsp3) is 0.308. The molecule has 2 nitrogen and oxygen atoms in total. The van der Waals surface area contributed by atoms with E-state index >= 15 is 0 Å². The van der Waals surface area contributed by atoms with E-state index < -0.39 is 11.7 Å². The minimum Gasteiger partial charge on any atom is -0.380 e. The molecule has 0 bridgehead atoms. The van der Waals surface area contributed by atoms with Gasteiger partial charge in [-0.15, -0.1) is 11.3 Å². The zero-order valence-electron chi connectivity index (χ0n) is 10.6. The smallest absolute Gasteiger partial charge is 0.380 e. The minimum absolute atomic E-state index is 0.0432. The first-order chi connectivity index (χ1) is 9.40. The number of aryl methyl sites for hydroxylation is 1. The van der Waals surface area contributed by atoms with Crippen molar-refractivity contribution in [3.8, 4) is 0 Å². The molecule has 0 saturated heterocycles. The summed E-state index contributed by atoms with van der Waals surface area (Å²) < 4.78 is 38.4. The summed E-state index contributed by atoms with van der Waals surface area (Å²) >= 11 is 4.48. The molecule has 0 aliphatic rings. The summed E-state index contributed by atoms with van der Waals surface area (Å²) in [5.74, 6) is 0. The first-order valence-electron chi connectivity index (χ1n) is 5.94. The molecule has 2 rings (SSSR count). The molecule has 7 heteroatoms. The van der Waals surface area contributed by atoms with Gasteiger partial charge in [-0.3, -0.25) is 0 Å². The van der Waals surface area contributed by atoms with Gasteiger partial charge in [0.05, 0.1) is 17.1 Å². The predicted molar refractivity (Wildman–Crippen MR) is 78.0 cm³/mol. The van der Waals surface area contributed by atoms with Gasteiger partial charge in [0, 0.05) is 21.2 Å². The Labute approximate surface area is 127 Å². The van der Waals surface area contributed by atoms with Crippen LogP contribution in [0.5, 0.6) is 0 Å². The second-order valence-corrected chi connectivity index (χ2v) is 6.17. The van der Waals surface area contributed by atoms with E-state index in [0.717, 1.165) is 22.4 Å². The largest absolute Gasteiger partial charge is 0.417 e. The van der Waals surface area contributed by atoms with Crippen molar-refractivity contribution in [2.24, 2.45) is 0 Å². The first-order valence-corrected chi connectivity index (χ1v) is 7.55. The summed E-state index contributed by atoms with van der Waals surface area (Å²) in [7, 11) is 0. The Balaban J connectivity index is 2.10. The number of aromatic nitrogens is 1. The first kappa shape index (κ1) is 15.3. The van der Waals surface area contributed by atoms with Gasteiger partial charge in [-0.25, -0.2) is 4.98 Å². The van der Waals surface area contributed by atoms with Gasteiger partial charge >= 0.3 is 6.18 Å². The third kappa shape index (κ3) is 3.73. The lowest BCUT2D eigenvalue weighted by Gasteiger charge is -2.12. The summed E-state index contributed by atoms with van der Waals surface area (Å²) in [5, 5.41) is 4.01. The van der Waals surface area contributed by atoms with E-state index in [4.69, 9.17) is 0 Å². The number of hydrogen-bond donors (Lipinski definition) is 1. The number of halogens is 4. The number of nitrogens with zero attached hydrogens (tertiary/aromatic N) is 1. The van der Waals surface area contributed by atoms with Gasteiger partial charge in [-0.2, -0.15) is 13.2 Å². The molecule has 0 spiro atoms. The number of rotatable bonds is 4. The van der Waals surface area contributed by atoms with Crippen LogP contribution in [-0.4, -0.2) is 4.98 Å². The Hall–Kier alpha value is -1.08. The van der Waals surface area contributed by atoms with Gasteiger partial charge in [0.15, 0.2) is 0 Å². The van der Waals surface area contributed by atoms with Gasteiger partial charge < -0.3 is 5.32 Å². The number of thiazole rings is 1. The molecule has 0 amide bonds. The van der Waals surface area contributed by atoms with Crippen LogP contribution in [0.15, 0.2) is 28.9 Å². The van der Waals surface area contributed by atoms with Gasteiger partial charge in [0.2, 0.25) is 0 Å². The van der Waals surface area contributed by atoms with Crippen LogP contribution < -0.4 is 5.32 Å². The highest BCUT2D eigenvalue weighted by atomic mass is 79.9. The van der Waals surface area contributed by atoms with Crippen LogP contribution >= 0.6 is 27.3 Å². The fourth-order valence-electron chi connectivity index (χ4n) is 1.63. The summed E-state index contributed by atoms with van der Waals surface area (Å²) in [4.78, 5) is 5.21. The van der Waals surface area contributed by atoms with Gasteiger partial charge in [-0.05, 0) is 24.6 Å². The molecule has 1 aromatic carbocycles. The lowest BCUT2D eigenvalue weighted by Crippen LogP contribution is -2.07. The fourth-order valence-corrected chi connectivity index (χ4v) is 2.91. The van der Waals surface area contributed by atoms with E-state index in [1.165, 1.54) is 6.07 Å². The van der Waals surface area contributed by atoms with E-state index in [1.54, 1.807) is 23.6 Å². The van der Waals surface area contributed by atoms with Gasteiger partial charge in [0.1, 0.15) is 0 Å². The molecule has 0 atom stereocenters. The number of benzene rings is 1. The van der Waals surface area contributed by atoms with Gasteiger partial charge in [-0.1, -0.05) is 22.9 Å². The second-order valence-electron chi connectivity index (χ2n) is 4.12. The molecule has 1 N–H and O–H groups in total. The van der Waals surface area contributed by atoms with Crippen molar-refractivity contribution in [2.45, 2.75) is 26.1 Å². The maximum absolute atomic E-state index is 12.8. The Kier molecular flexibility index (Phi) is 4.70. The highest BCUT2D eigenvalue weighted by molar-refractivity contribution is 9.10. The molecule has 0 radical (unpaired) electrons. The Bertz CT molecular complexity index is 596. The SMILES string of the molecule is CCc1ncc(CNc2ccc(Br)c(C(F)(F)F)c2)s1. The average molecular weight is 365 g/mol. The maximum Gasteiger partial charge on any atom is 0.417 e. The summed E-state index contributed by atoms with van der Waals surface area (Å²) in [6, 6.07) is 4.11. The molecule has 1 aromatic heterocycles. The minimum atomic E-state index is -4.36. The molecular formula is C13H12BrF3N2S. The van der Waals surface area contributed by atoms with Crippen molar-refractivity contribution in [3.05, 3.63) is 44.3 Å². The molecule has 0 fully saturated rings. The number of alkyl halides is 3. The van der Waals surface area contributed by atoms with E-state index in [9.17, 15) is 13.2 Å². The van der Waals surface area contributed by atoms with Crippen LogP contribution in [0.4, 0.5) is 18.9 Å². The quantitative estimate of drug-likeness (QED) is 0.816. The van der Waals surface area contributed by atoms with Crippen molar-refractivity contribution in [2.75, 3.05) is 5.32 Å². The van der Waals surface area contributed by atoms with Crippen LogP contribution in [0.1, 0.15) is 22.4 Å². The topological polar surface area (TPSA) is 24.9 Å². The number of anilines is 1. The molecule has 20 heavy (non-hydrogen) atoms. The van der Waals surface area contributed by atoms with Crippen molar-refractivity contribution < 1.29 is 13.2 Å². The molecule has 0 saturated carbocycles.